The minimum absolute atomic E-state index is 0.0954. The summed E-state index contributed by atoms with van der Waals surface area (Å²) in [4.78, 5) is 2.52. The first-order chi connectivity index (χ1) is 26.4. The van der Waals surface area contributed by atoms with Gasteiger partial charge in [-0.15, -0.1) is 0 Å². The van der Waals surface area contributed by atoms with E-state index < -0.39 is 5.41 Å². The van der Waals surface area contributed by atoms with E-state index in [0.717, 1.165) is 6.42 Å². The molecule has 0 saturated carbocycles. The van der Waals surface area contributed by atoms with E-state index in [2.05, 4.69) is 202 Å². The maximum Gasteiger partial charge on any atom is 0.0726 e. The van der Waals surface area contributed by atoms with E-state index in [-0.39, 0.29) is 5.41 Å². The molecule has 0 saturated heterocycles. The zero-order valence-corrected chi connectivity index (χ0v) is 31.0. The van der Waals surface area contributed by atoms with E-state index in [1.807, 2.05) is 0 Å². The second-order valence-corrected chi connectivity index (χ2v) is 16.1. The van der Waals surface area contributed by atoms with Gasteiger partial charge in [0.1, 0.15) is 0 Å². The highest BCUT2D eigenvalue weighted by atomic mass is 15.1. The predicted octanol–water partition coefficient (Wildman–Crippen LogP) is 13.4. The lowest BCUT2D eigenvalue weighted by Gasteiger charge is -2.33. The molecule has 4 aliphatic carbocycles. The molecule has 1 heteroatoms. The fourth-order valence-corrected chi connectivity index (χ4v) is 10.3. The van der Waals surface area contributed by atoms with E-state index in [1.54, 1.807) is 0 Å². The predicted molar refractivity (Wildman–Crippen MR) is 225 cm³/mol. The molecule has 4 aliphatic rings. The summed E-state index contributed by atoms with van der Waals surface area (Å²) in [6.45, 7) is 6.92. The fraction of sp³-hybridized carbons (Fsp3) is 0.132. The van der Waals surface area contributed by atoms with Gasteiger partial charge in [0.25, 0.3) is 0 Å². The molecule has 7 aromatic rings. The van der Waals surface area contributed by atoms with Crippen molar-refractivity contribution in [3.63, 3.8) is 0 Å². The Kier molecular flexibility index (Phi) is 6.62. The molecule has 1 unspecified atom stereocenters. The molecule has 54 heavy (non-hydrogen) atoms. The van der Waals surface area contributed by atoms with Gasteiger partial charge in [-0.05, 0) is 116 Å². The largest absolute Gasteiger partial charge is 0.311 e. The highest BCUT2D eigenvalue weighted by molar-refractivity contribution is 5.96. The Balaban J connectivity index is 1.12. The van der Waals surface area contributed by atoms with Crippen molar-refractivity contribution in [2.45, 2.75) is 43.9 Å². The van der Waals surface area contributed by atoms with Crippen LogP contribution in [0.1, 0.15) is 70.7 Å². The second kappa shape index (κ2) is 11.4. The van der Waals surface area contributed by atoms with Gasteiger partial charge in [0.15, 0.2) is 0 Å². The Bertz CT molecular complexity index is 2680. The van der Waals surface area contributed by atoms with Crippen LogP contribution in [0.4, 0.5) is 11.4 Å². The Morgan fingerprint density at radius 1 is 0.481 bits per heavy atom. The number of hydrogen-bond acceptors (Lipinski definition) is 1. The smallest absolute Gasteiger partial charge is 0.0726 e. The third-order valence-electron chi connectivity index (χ3n) is 12.9. The third-order valence-corrected chi connectivity index (χ3v) is 12.9. The van der Waals surface area contributed by atoms with Gasteiger partial charge < -0.3 is 4.90 Å². The van der Waals surface area contributed by atoms with Gasteiger partial charge in [-0.2, -0.15) is 0 Å². The van der Waals surface area contributed by atoms with Crippen molar-refractivity contribution >= 4 is 11.4 Å². The molecule has 0 aromatic heterocycles. The summed E-state index contributed by atoms with van der Waals surface area (Å²) in [5.41, 5.74) is 22.0. The van der Waals surface area contributed by atoms with Crippen LogP contribution in [0.15, 0.2) is 182 Å². The molecule has 0 N–H and O–H groups in total. The normalized spacial score (nSPS) is 17.2. The topological polar surface area (TPSA) is 3.24 Å². The first-order valence-corrected chi connectivity index (χ1v) is 19.4. The van der Waals surface area contributed by atoms with Gasteiger partial charge in [0.05, 0.1) is 5.41 Å². The van der Waals surface area contributed by atoms with Crippen LogP contribution in [-0.2, 0) is 10.8 Å². The first kappa shape index (κ1) is 31.4. The van der Waals surface area contributed by atoms with Crippen LogP contribution in [0.5, 0.6) is 0 Å². The van der Waals surface area contributed by atoms with Crippen LogP contribution in [0.2, 0.25) is 0 Å². The van der Waals surface area contributed by atoms with Crippen molar-refractivity contribution in [3.05, 3.63) is 226 Å². The Morgan fingerprint density at radius 2 is 0.944 bits per heavy atom. The summed E-state index contributed by atoms with van der Waals surface area (Å²) < 4.78 is 0. The molecule has 1 nitrogen and oxygen atoms in total. The van der Waals surface area contributed by atoms with Gasteiger partial charge in [-0.25, -0.2) is 0 Å². The molecular formula is C53H41N. The molecule has 7 aromatic carbocycles. The quantitative estimate of drug-likeness (QED) is 0.178. The van der Waals surface area contributed by atoms with Crippen molar-refractivity contribution < 1.29 is 0 Å². The highest BCUT2D eigenvalue weighted by Gasteiger charge is 2.51. The summed E-state index contributed by atoms with van der Waals surface area (Å²) >= 11 is 0. The lowest BCUT2D eigenvalue weighted by atomic mass is 9.70. The summed E-state index contributed by atoms with van der Waals surface area (Å²) in [6.07, 6.45) is 8.18. The van der Waals surface area contributed by atoms with Crippen molar-refractivity contribution in [1.82, 2.24) is 0 Å². The van der Waals surface area contributed by atoms with E-state index in [1.165, 1.54) is 95.0 Å². The zero-order chi connectivity index (χ0) is 36.2. The summed E-state index contributed by atoms with van der Waals surface area (Å²) in [5.74, 6) is 0.355. The Morgan fingerprint density at radius 3 is 1.48 bits per heavy atom. The first-order valence-electron chi connectivity index (χ1n) is 19.4. The molecule has 11 rings (SSSR count). The molecule has 0 aliphatic heterocycles. The van der Waals surface area contributed by atoms with E-state index in [0.29, 0.717) is 5.92 Å². The van der Waals surface area contributed by atoms with Crippen LogP contribution < -0.4 is 4.90 Å². The number of rotatable bonds is 4. The van der Waals surface area contributed by atoms with Crippen LogP contribution in [0, 0.1) is 6.92 Å². The monoisotopic (exact) mass is 691 g/mol. The van der Waals surface area contributed by atoms with Gasteiger partial charge >= 0.3 is 0 Å². The molecule has 1 atom stereocenters. The van der Waals surface area contributed by atoms with Gasteiger partial charge in [-0.1, -0.05) is 165 Å². The van der Waals surface area contributed by atoms with Gasteiger partial charge in [0.2, 0.25) is 0 Å². The zero-order valence-electron chi connectivity index (χ0n) is 31.0. The minimum atomic E-state index is -0.393. The van der Waals surface area contributed by atoms with Crippen LogP contribution in [0.3, 0.4) is 0 Å². The highest BCUT2D eigenvalue weighted by Crippen LogP contribution is 2.63. The van der Waals surface area contributed by atoms with Crippen molar-refractivity contribution in [2.24, 2.45) is 0 Å². The molecule has 0 heterocycles. The lowest BCUT2D eigenvalue weighted by molar-refractivity contribution is 0.660. The third kappa shape index (κ3) is 4.21. The lowest BCUT2D eigenvalue weighted by Crippen LogP contribution is -2.26. The molecule has 0 bridgehead atoms. The Hall–Kier alpha value is -6.18. The van der Waals surface area contributed by atoms with Crippen LogP contribution >= 0.6 is 0 Å². The molecule has 0 fully saturated rings. The number of fused-ring (bicyclic) bond motifs is 13. The van der Waals surface area contributed by atoms with E-state index in [4.69, 9.17) is 0 Å². The fourth-order valence-electron chi connectivity index (χ4n) is 10.3. The standard InChI is InChI=1S/C53H41N/c1-34-20-22-35(23-21-34)36-24-26-37(27-25-36)54(38-28-30-44-40-12-4-8-16-46(40)52(2,3)50(44)32-38)39-29-31-45-43-15-7-11-19-49(43)53(51(45)33-39)47-17-9-5-13-41(47)42-14-6-10-18-48(42)53/h4-24,26-33,36H,25H2,1-3H3. The molecular weight excluding hydrogens is 651 g/mol. The van der Waals surface area contributed by atoms with Crippen LogP contribution in [-0.4, -0.2) is 0 Å². The summed E-state index contributed by atoms with van der Waals surface area (Å²) in [5, 5.41) is 0. The molecule has 258 valence electrons. The van der Waals surface area contributed by atoms with Crippen LogP contribution in [0.25, 0.3) is 33.4 Å². The van der Waals surface area contributed by atoms with Crippen molar-refractivity contribution in [1.29, 1.82) is 0 Å². The summed E-state index contributed by atoms with van der Waals surface area (Å²) in [6, 6.07) is 59.7. The van der Waals surface area contributed by atoms with Crippen molar-refractivity contribution in [2.75, 3.05) is 4.90 Å². The number of benzene rings is 7. The second-order valence-electron chi connectivity index (χ2n) is 16.1. The maximum atomic E-state index is 2.52. The van der Waals surface area contributed by atoms with Gasteiger partial charge in [0, 0.05) is 28.4 Å². The van der Waals surface area contributed by atoms with E-state index in [9.17, 15) is 0 Å². The number of allylic oxidation sites excluding steroid dienone is 3. The Labute approximate surface area is 318 Å². The van der Waals surface area contributed by atoms with E-state index >= 15 is 0 Å². The maximum absolute atomic E-state index is 2.52. The molecule has 1 spiro atoms. The molecule has 0 radical (unpaired) electrons. The minimum Gasteiger partial charge on any atom is -0.311 e. The molecule has 0 amide bonds. The number of aryl methyl sites for hydroxylation is 1. The van der Waals surface area contributed by atoms with Crippen molar-refractivity contribution in [3.8, 4) is 33.4 Å². The average Bonchev–Trinajstić information content (AvgIpc) is 3.77. The summed E-state index contributed by atoms with van der Waals surface area (Å²) in [7, 11) is 0. The number of hydrogen-bond donors (Lipinski definition) is 0. The average molecular weight is 692 g/mol. The number of anilines is 2. The number of nitrogens with zero attached hydrogens (tertiary/aromatic N) is 1. The SMILES string of the molecule is Cc1ccc(C2C=CC(N(c3ccc4c(c3)C(C)(C)c3ccccc3-4)c3ccc4c(c3)C3(c5ccccc5-c5ccccc53)c3ccccc3-4)=CC2)cc1. The van der Waals surface area contributed by atoms with Gasteiger partial charge in [-0.3, -0.25) is 0 Å².